The predicted molar refractivity (Wildman–Crippen MR) is 60.1 cm³/mol. The van der Waals surface area contributed by atoms with Crippen LogP contribution in [0.3, 0.4) is 0 Å². The van der Waals surface area contributed by atoms with Crippen LogP contribution in [0.1, 0.15) is 34.1 Å². The Morgan fingerprint density at radius 2 is 1.85 bits per heavy atom. The fourth-order valence-electron chi connectivity index (χ4n) is 1.80. The van der Waals surface area contributed by atoms with Crippen LogP contribution < -0.4 is 5.32 Å². The largest absolute Gasteiger partial charge is 0.319 e. The van der Waals surface area contributed by atoms with Gasteiger partial charge in [0.15, 0.2) is 0 Å². The Balaban J connectivity index is 3.89. The summed E-state index contributed by atoms with van der Waals surface area (Å²) in [6.07, 6.45) is 1.25. The van der Waals surface area contributed by atoms with Crippen LogP contribution in [-0.4, -0.2) is 38.1 Å². The van der Waals surface area contributed by atoms with Crippen LogP contribution in [0.5, 0.6) is 0 Å². The number of rotatable bonds is 7. The van der Waals surface area contributed by atoms with Gasteiger partial charge in [-0.2, -0.15) is 0 Å². The van der Waals surface area contributed by atoms with Gasteiger partial charge in [0, 0.05) is 13.1 Å². The van der Waals surface area contributed by atoms with E-state index >= 15 is 0 Å². The highest BCUT2D eigenvalue weighted by atomic mass is 15.1. The maximum absolute atomic E-state index is 3.25. The zero-order valence-corrected chi connectivity index (χ0v) is 9.98. The molecule has 0 atom stereocenters. The van der Waals surface area contributed by atoms with E-state index in [2.05, 4.69) is 37.9 Å². The van der Waals surface area contributed by atoms with Crippen LogP contribution in [0.4, 0.5) is 0 Å². The minimum atomic E-state index is 0.389. The zero-order valence-electron chi connectivity index (χ0n) is 9.98. The van der Waals surface area contributed by atoms with Crippen molar-refractivity contribution in [1.82, 2.24) is 10.2 Å². The Bertz CT molecular complexity index is 121. The number of nitrogens with zero attached hydrogens (tertiary/aromatic N) is 1. The molecule has 0 radical (unpaired) electrons. The first kappa shape index (κ1) is 12.9. The van der Waals surface area contributed by atoms with Crippen LogP contribution in [0.25, 0.3) is 0 Å². The normalized spacial score (nSPS) is 12.5. The van der Waals surface area contributed by atoms with Crippen LogP contribution in [-0.2, 0) is 0 Å². The van der Waals surface area contributed by atoms with Crippen molar-refractivity contribution >= 4 is 0 Å². The summed E-state index contributed by atoms with van der Waals surface area (Å²) in [5.41, 5.74) is 0.389. The summed E-state index contributed by atoms with van der Waals surface area (Å²) in [6.45, 7) is 13.8. The third-order valence-electron chi connectivity index (χ3n) is 2.29. The summed E-state index contributed by atoms with van der Waals surface area (Å²) in [4.78, 5) is 2.53. The molecule has 80 valence electrons. The molecule has 0 amide bonds. The lowest BCUT2D eigenvalue weighted by Gasteiger charge is -2.31. The molecule has 0 heterocycles. The van der Waals surface area contributed by atoms with Gasteiger partial charge in [-0.25, -0.2) is 0 Å². The highest BCUT2D eigenvalue weighted by molar-refractivity contribution is 4.75. The minimum Gasteiger partial charge on any atom is -0.319 e. The molecule has 2 nitrogen and oxygen atoms in total. The van der Waals surface area contributed by atoms with E-state index < -0.39 is 0 Å². The highest BCUT2D eigenvalue weighted by Crippen LogP contribution is 2.15. The lowest BCUT2D eigenvalue weighted by molar-refractivity contribution is 0.183. The van der Waals surface area contributed by atoms with E-state index in [9.17, 15) is 0 Å². The second-order valence-electron chi connectivity index (χ2n) is 4.56. The van der Waals surface area contributed by atoms with Gasteiger partial charge in [-0.1, -0.05) is 27.7 Å². The SMILES string of the molecule is CCCN(CC)CC(C)(C)CNC. The fraction of sp³-hybridized carbons (Fsp3) is 1.00. The van der Waals surface area contributed by atoms with Gasteiger partial charge in [-0.15, -0.1) is 0 Å². The molecule has 0 saturated carbocycles. The fourth-order valence-corrected chi connectivity index (χ4v) is 1.80. The van der Waals surface area contributed by atoms with Crippen molar-refractivity contribution in [3.05, 3.63) is 0 Å². The summed E-state index contributed by atoms with van der Waals surface area (Å²) in [7, 11) is 2.03. The van der Waals surface area contributed by atoms with Gasteiger partial charge in [0.25, 0.3) is 0 Å². The average molecular weight is 186 g/mol. The van der Waals surface area contributed by atoms with Crippen LogP contribution >= 0.6 is 0 Å². The molecular formula is C11H26N2. The molecule has 0 aliphatic rings. The van der Waals surface area contributed by atoms with Gasteiger partial charge in [0.2, 0.25) is 0 Å². The molecule has 0 unspecified atom stereocenters. The standard InChI is InChI=1S/C11H26N2/c1-6-8-13(7-2)10-11(3,4)9-12-5/h12H,6-10H2,1-5H3. The van der Waals surface area contributed by atoms with Crippen molar-refractivity contribution in [1.29, 1.82) is 0 Å². The molecule has 0 rings (SSSR count). The molecular weight excluding hydrogens is 160 g/mol. The molecule has 0 saturated heterocycles. The van der Waals surface area contributed by atoms with Crippen LogP contribution in [0.15, 0.2) is 0 Å². The van der Waals surface area contributed by atoms with Crippen molar-refractivity contribution in [3.8, 4) is 0 Å². The Hall–Kier alpha value is -0.0800. The predicted octanol–water partition coefficient (Wildman–Crippen LogP) is 1.96. The molecule has 0 aliphatic carbocycles. The molecule has 2 heteroatoms. The topological polar surface area (TPSA) is 15.3 Å². The Kier molecular flexibility index (Phi) is 6.35. The monoisotopic (exact) mass is 186 g/mol. The molecule has 0 aromatic heterocycles. The lowest BCUT2D eigenvalue weighted by atomic mass is 9.92. The highest BCUT2D eigenvalue weighted by Gasteiger charge is 2.19. The van der Waals surface area contributed by atoms with Gasteiger partial charge in [-0.05, 0) is 32.0 Å². The Labute approximate surface area is 83.7 Å². The maximum Gasteiger partial charge on any atom is 0.00447 e. The number of hydrogen-bond acceptors (Lipinski definition) is 2. The van der Waals surface area contributed by atoms with E-state index in [1.165, 1.54) is 26.1 Å². The summed E-state index contributed by atoms with van der Waals surface area (Å²) in [6, 6.07) is 0. The van der Waals surface area contributed by atoms with Gasteiger partial charge < -0.3 is 10.2 Å². The van der Waals surface area contributed by atoms with E-state index in [0.29, 0.717) is 5.41 Å². The van der Waals surface area contributed by atoms with Crippen LogP contribution in [0, 0.1) is 5.41 Å². The van der Waals surface area contributed by atoms with Gasteiger partial charge in [0.1, 0.15) is 0 Å². The van der Waals surface area contributed by atoms with Crippen LogP contribution in [0.2, 0.25) is 0 Å². The second kappa shape index (κ2) is 6.39. The molecule has 0 bridgehead atoms. The summed E-state index contributed by atoms with van der Waals surface area (Å²) >= 11 is 0. The van der Waals surface area contributed by atoms with Crippen molar-refractivity contribution in [2.75, 3.05) is 33.2 Å². The quantitative estimate of drug-likeness (QED) is 0.654. The van der Waals surface area contributed by atoms with E-state index in [4.69, 9.17) is 0 Å². The van der Waals surface area contributed by atoms with Gasteiger partial charge in [0.05, 0.1) is 0 Å². The first-order valence-electron chi connectivity index (χ1n) is 5.42. The number of hydrogen-bond donors (Lipinski definition) is 1. The van der Waals surface area contributed by atoms with Crippen molar-refractivity contribution in [3.63, 3.8) is 0 Å². The maximum atomic E-state index is 3.25. The van der Waals surface area contributed by atoms with E-state index in [1.807, 2.05) is 7.05 Å². The molecule has 13 heavy (non-hydrogen) atoms. The van der Waals surface area contributed by atoms with E-state index in [0.717, 1.165) is 6.54 Å². The smallest absolute Gasteiger partial charge is 0.00447 e. The molecule has 0 aliphatic heterocycles. The average Bonchev–Trinajstić information content (AvgIpc) is 2.03. The molecule has 0 fully saturated rings. The molecule has 1 N–H and O–H groups in total. The minimum absolute atomic E-state index is 0.389. The van der Waals surface area contributed by atoms with Crippen molar-refractivity contribution in [2.24, 2.45) is 5.41 Å². The summed E-state index contributed by atoms with van der Waals surface area (Å²) in [5.74, 6) is 0. The Morgan fingerprint density at radius 3 is 2.23 bits per heavy atom. The van der Waals surface area contributed by atoms with E-state index in [1.54, 1.807) is 0 Å². The van der Waals surface area contributed by atoms with Crippen molar-refractivity contribution < 1.29 is 0 Å². The molecule has 0 spiro atoms. The third kappa shape index (κ3) is 6.05. The van der Waals surface area contributed by atoms with Crippen molar-refractivity contribution in [2.45, 2.75) is 34.1 Å². The second-order valence-corrected chi connectivity index (χ2v) is 4.56. The van der Waals surface area contributed by atoms with E-state index in [-0.39, 0.29) is 0 Å². The first-order chi connectivity index (χ1) is 6.05. The third-order valence-corrected chi connectivity index (χ3v) is 2.29. The zero-order chi connectivity index (χ0) is 10.3. The lowest BCUT2D eigenvalue weighted by Crippen LogP contribution is -2.39. The summed E-state index contributed by atoms with van der Waals surface area (Å²) < 4.78 is 0. The van der Waals surface area contributed by atoms with Gasteiger partial charge in [-0.3, -0.25) is 0 Å². The van der Waals surface area contributed by atoms with Gasteiger partial charge >= 0.3 is 0 Å². The molecule has 0 aromatic rings. The first-order valence-corrected chi connectivity index (χ1v) is 5.42. The number of nitrogens with one attached hydrogen (secondary N) is 1. The Morgan fingerprint density at radius 1 is 1.23 bits per heavy atom. The summed E-state index contributed by atoms with van der Waals surface area (Å²) in [5, 5.41) is 3.25. The molecule has 0 aromatic carbocycles.